The number of amides is 1. The smallest absolute Gasteiger partial charge is 0.251 e. The number of carbonyl (C=O) groups is 1. The minimum absolute atomic E-state index is 0.148. The van der Waals surface area contributed by atoms with Crippen molar-refractivity contribution in [2.24, 2.45) is 5.92 Å². The zero-order valence-corrected chi connectivity index (χ0v) is 19.6. The molecule has 178 valence electrons. The molecule has 3 heterocycles. The minimum Gasteiger partial charge on any atom is -0.493 e. The molecule has 0 unspecified atom stereocenters. The van der Waals surface area contributed by atoms with E-state index in [2.05, 4.69) is 34.4 Å². The van der Waals surface area contributed by atoms with Crippen LogP contribution in [0.1, 0.15) is 42.6 Å². The Hall–Kier alpha value is -3.65. The van der Waals surface area contributed by atoms with Gasteiger partial charge in [0.05, 0.1) is 18.9 Å². The fourth-order valence-corrected chi connectivity index (χ4v) is 3.62. The Balaban J connectivity index is 1.65. The highest BCUT2D eigenvalue weighted by molar-refractivity contribution is 5.96. The molecule has 1 amide bonds. The number of nitrogens with two attached hydrogens (primary N) is 1. The number of anilines is 3. The number of hydrogen-bond donors (Lipinski definition) is 3. The van der Waals surface area contributed by atoms with Crippen LogP contribution in [-0.4, -0.2) is 35.6 Å². The molecule has 8 heteroatoms. The van der Waals surface area contributed by atoms with E-state index < -0.39 is 0 Å². The van der Waals surface area contributed by atoms with Gasteiger partial charge in [0.25, 0.3) is 5.91 Å². The van der Waals surface area contributed by atoms with Gasteiger partial charge in [-0.05, 0) is 61.2 Å². The third-order valence-electron chi connectivity index (χ3n) is 5.39. The number of fused-ring (bicyclic) bond motifs is 9. The average molecular weight is 462 g/mol. The van der Waals surface area contributed by atoms with Crippen LogP contribution in [0.25, 0.3) is 11.3 Å². The summed E-state index contributed by atoms with van der Waals surface area (Å²) < 4.78 is 11.9. The molecule has 0 radical (unpaired) electrons. The molecule has 5 rings (SSSR count). The summed E-state index contributed by atoms with van der Waals surface area (Å²) in [5.74, 6) is 1.52. The molecular weight excluding hydrogens is 430 g/mol. The predicted molar refractivity (Wildman–Crippen MR) is 133 cm³/mol. The van der Waals surface area contributed by atoms with Crippen LogP contribution in [0.2, 0.25) is 0 Å². The van der Waals surface area contributed by atoms with E-state index in [-0.39, 0.29) is 5.91 Å². The molecule has 6 bridgehead atoms. The lowest BCUT2D eigenvalue weighted by atomic mass is 10.1. The number of carbonyl (C=O) groups excluding carboxylic acids is 1. The van der Waals surface area contributed by atoms with Crippen molar-refractivity contribution >= 4 is 23.2 Å². The van der Waals surface area contributed by atoms with Crippen molar-refractivity contribution in [3.63, 3.8) is 0 Å². The predicted octanol–water partition coefficient (Wildman–Crippen LogP) is 4.54. The van der Waals surface area contributed by atoms with Crippen LogP contribution in [0.5, 0.6) is 5.75 Å². The molecule has 1 aromatic heterocycles. The molecule has 2 aliphatic heterocycles. The summed E-state index contributed by atoms with van der Waals surface area (Å²) in [6.07, 6.45) is 3.33. The van der Waals surface area contributed by atoms with Crippen molar-refractivity contribution in [1.29, 1.82) is 0 Å². The van der Waals surface area contributed by atoms with E-state index in [1.54, 1.807) is 24.4 Å². The highest BCUT2D eigenvalue weighted by Gasteiger charge is 2.13. The van der Waals surface area contributed by atoms with Gasteiger partial charge in [-0.3, -0.25) is 4.79 Å². The lowest BCUT2D eigenvalue weighted by molar-refractivity contribution is 0.0945. The Morgan fingerprint density at radius 1 is 1.15 bits per heavy atom. The monoisotopic (exact) mass is 461 g/mol. The summed E-state index contributed by atoms with van der Waals surface area (Å²) in [7, 11) is 0. The second-order valence-electron chi connectivity index (χ2n) is 8.74. The number of nitrogens with zero attached hydrogens (tertiary/aromatic N) is 2. The molecule has 8 nitrogen and oxygen atoms in total. The van der Waals surface area contributed by atoms with E-state index in [0.717, 1.165) is 35.4 Å². The van der Waals surface area contributed by atoms with Crippen molar-refractivity contribution in [3.05, 3.63) is 59.8 Å². The maximum absolute atomic E-state index is 12.5. The number of hydrogen-bond acceptors (Lipinski definition) is 7. The van der Waals surface area contributed by atoms with Crippen LogP contribution < -0.4 is 21.1 Å². The van der Waals surface area contributed by atoms with Gasteiger partial charge in [0, 0.05) is 47.4 Å². The molecule has 0 aliphatic carbocycles. The zero-order chi connectivity index (χ0) is 23.9. The van der Waals surface area contributed by atoms with Crippen LogP contribution in [0.15, 0.2) is 48.7 Å². The molecule has 0 fully saturated rings. The summed E-state index contributed by atoms with van der Waals surface area (Å²) in [6.45, 7) is 6.45. The first-order valence-corrected chi connectivity index (χ1v) is 11.6. The van der Waals surface area contributed by atoms with Crippen molar-refractivity contribution in [1.82, 2.24) is 15.3 Å². The van der Waals surface area contributed by atoms with Crippen LogP contribution in [-0.2, 0) is 11.3 Å². The largest absolute Gasteiger partial charge is 0.493 e. The molecule has 3 aromatic rings. The summed E-state index contributed by atoms with van der Waals surface area (Å²) in [5.41, 5.74) is 10.5. The Kier molecular flexibility index (Phi) is 7.59. The third kappa shape index (κ3) is 6.02. The quantitative estimate of drug-likeness (QED) is 0.491. The van der Waals surface area contributed by atoms with Crippen LogP contribution in [0.4, 0.5) is 17.3 Å². The number of aromatic nitrogens is 2. The van der Waals surface area contributed by atoms with Gasteiger partial charge >= 0.3 is 0 Å². The van der Waals surface area contributed by atoms with E-state index in [1.807, 2.05) is 24.3 Å². The van der Waals surface area contributed by atoms with Crippen LogP contribution >= 0.6 is 0 Å². The molecule has 0 atom stereocenters. The second-order valence-corrected chi connectivity index (χ2v) is 8.74. The summed E-state index contributed by atoms with van der Waals surface area (Å²) in [4.78, 5) is 21.5. The maximum Gasteiger partial charge on any atom is 0.251 e. The van der Waals surface area contributed by atoms with Crippen LogP contribution in [0.3, 0.4) is 0 Å². The average Bonchev–Trinajstić information content (AvgIpc) is 2.82. The number of ether oxygens (including phenoxy) is 2. The van der Waals surface area contributed by atoms with Gasteiger partial charge in [-0.15, -0.1) is 0 Å². The Morgan fingerprint density at radius 2 is 2.03 bits per heavy atom. The van der Waals surface area contributed by atoms with E-state index in [9.17, 15) is 4.79 Å². The summed E-state index contributed by atoms with van der Waals surface area (Å²) >= 11 is 0. The zero-order valence-electron chi connectivity index (χ0n) is 19.6. The van der Waals surface area contributed by atoms with Crippen molar-refractivity contribution < 1.29 is 14.3 Å². The van der Waals surface area contributed by atoms with Gasteiger partial charge in [0.15, 0.2) is 0 Å². The highest BCUT2D eigenvalue weighted by atomic mass is 16.5. The van der Waals surface area contributed by atoms with E-state index >= 15 is 0 Å². The summed E-state index contributed by atoms with van der Waals surface area (Å²) in [6, 6.07) is 12.9. The Labute approximate surface area is 199 Å². The lowest BCUT2D eigenvalue weighted by Crippen LogP contribution is -2.24. The normalized spacial score (nSPS) is 14.5. The SMILES string of the molecule is CC(C)COc1ccc2cc1COCCCCNC(=O)c1ccc(c(N)c1)-c1ccnc(n1)N2. The third-order valence-corrected chi connectivity index (χ3v) is 5.39. The van der Waals surface area contributed by atoms with Crippen molar-refractivity contribution in [3.8, 4) is 17.0 Å². The van der Waals surface area contributed by atoms with Gasteiger partial charge in [-0.1, -0.05) is 13.8 Å². The van der Waals surface area contributed by atoms with Gasteiger partial charge in [0.1, 0.15) is 5.75 Å². The first-order valence-electron chi connectivity index (χ1n) is 11.6. The highest BCUT2D eigenvalue weighted by Crippen LogP contribution is 2.28. The van der Waals surface area contributed by atoms with Gasteiger partial charge in [-0.25, -0.2) is 9.97 Å². The minimum atomic E-state index is -0.148. The molecule has 34 heavy (non-hydrogen) atoms. The Bertz CT molecular complexity index is 1150. The maximum atomic E-state index is 12.5. The van der Waals surface area contributed by atoms with E-state index in [1.165, 1.54) is 0 Å². The number of rotatable bonds is 3. The Morgan fingerprint density at radius 3 is 2.85 bits per heavy atom. The number of benzene rings is 2. The molecule has 2 aliphatic rings. The van der Waals surface area contributed by atoms with Gasteiger partial charge in [0.2, 0.25) is 5.95 Å². The van der Waals surface area contributed by atoms with Crippen molar-refractivity contribution in [2.45, 2.75) is 33.3 Å². The van der Waals surface area contributed by atoms with Gasteiger partial charge in [-0.2, -0.15) is 0 Å². The van der Waals surface area contributed by atoms with E-state index in [0.29, 0.717) is 55.2 Å². The summed E-state index contributed by atoms with van der Waals surface area (Å²) in [5, 5.41) is 6.21. The molecule has 2 aromatic carbocycles. The molecule has 0 spiro atoms. The number of nitrogen functional groups attached to an aromatic ring is 1. The lowest BCUT2D eigenvalue weighted by Gasteiger charge is -2.15. The van der Waals surface area contributed by atoms with Crippen molar-refractivity contribution in [2.75, 3.05) is 30.8 Å². The van der Waals surface area contributed by atoms with Gasteiger partial charge < -0.3 is 25.8 Å². The standard InChI is InChI=1S/C26H31N5O3/c1-17(2)15-34-24-8-6-20-13-19(24)16-33-12-4-3-10-28-25(32)18-5-7-21(22(27)14-18)23-9-11-29-26(30-20)31-23/h5-9,11,13-14,17H,3-4,10,12,15-16,27H2,1-2H3,(H,28,32)(H,29,30,31). The molecule has 0 saturated carbocycles. The fraction of sp³-hybridized carbons (Fsp3) is 0.346. The number of nitrogens with one attached hydrogen (secondary N) is 2. The van der Waals surface area contributed by atoms with E-state index in [4.69, 9.17) is 15.2 Å². The molecule has 0 saturated heterocycles. The first-order chi connectivity index (χ1) is 16.5. The first kappa shape index (κ1) is 23.5. The second kappa shape index (κ2) is 11.0. The molecular formula is C26H31N5O3. The molecule has 4 N–H and O–H groups in total. The topological polar surface area (TPSA) is 111 Å². The van der Waals surface area contributed by atoms with Crippen LogP contribution in [0, 0.1) is 5.92 Å². The fourth-order valence-electron chi connectivity index (χ4n) is 3.62.